The van der Waals surface area contributed by atoms with Gasteiger partial charge in [0, 0.05) is 33.0 Å². The van der Waals surface area contributed by atoms with E-state index in [0.717, 1.165) is 5.69 Å². The average Bonchev–Trinajstić information content (AvgIpc) is 2.70. The Labute approximate surface area is 117 Å². The normalized spacial score (nSPS) is 23.7. The second kappa shape index (κ2) is 5.53. The molecule has 0 amide bonds. The zero-order valence-corrected chi connectivity index (χ0v) is 11.8. The number of nitrogens with two attached hydrogens (primary N) is 1. The maximum atomic E-state index is 6.21. The Morgan fingerprint density at radius 1 is 1.11 bits per heavy atom. The van der Waals surface area contributed by atoms with E-state index < -0.39 is 0 Å². The van der Waals surface area contributed by atoms with Crippen LogP contribution in [0.3, 0.4) is 0 Å². The monoisotopic (exact) mass is 290 g/mol. The van der Waals surface area contributed by atoms with Crippen LogP contribution in [0.4, 0.5) is 11.4 Å². The Kier molecular flexibility index (Phi) is 4.22. The molecule has 18 heavy (non-hydrogen) atoms. The van der Waals surface area contributed by atoms with Crippen LogP contribution in [0.25, 0.3) is 0 Å². The molecule has 100 valence electrons. The summed E-state index contributed by atoms with van der Waals surface area (Å²) in [7, 11) is 3.35. The van der Waals surface area contributed by atoms with E-state index in [1.807, 2.05) is 0 Å². The van der Waals surface area contributed by atoms with E-state index in [-0.39, 0.29) is 12.2 Å². The molecule has 1 aliphatic heterocycles. The Morgan fingerprint density at radius 2 is 1.56 bits per heavy atom. The highest BCUT2D eigenvalue weighted by molar-refractivity contribution is 6.39. The number of nitrogens with zero attached hydrogens (tertiary/aromatic N) is 1. The van der Waals surface area contributed by atoms with Gasteiger partial charge in [0.1, 0.15) is 12.2 Å². The molecule has 1 aromatic rings. The lowest BCUT2D eigenvalue weighted by molar-refractivity contribution is -0.00461. The third kappa shape index (κ3) is 2.52. The molecule has 0 bridgehead atoms. The van der Waals surface area contributed by atoms with E-state index in [1.54, 1.807) is 26.4 Å². The summed E-state index contributed by atoms with van der Waals surface area (Å²) in [6, 6.07) is 3.40. The van der Waals surface area contributed by atoms with Gasteiger partial charge < -0.3 is 20.1 Å². The molecule has 2 atom stereocenters. The minimum atomic E-state index is 0.0136. The lowest BCUT2D eigenvalue weighted by Crippen LogP contribution is -2.27. The van der Waals surface area contributed by atoms with Crippen LogP contribution < -0.4 is 10.6 Å². The van der Waals surface area contributed by atoms with Gasteiger partial charge in [-0.05, 0) is 12.1 Å². The SMILES string of the molecule is COC1CN(c2c(Cl)cc(N)cc2Cl)CC1OC. The number of hydrogen-bond acceptors (Lipinski definition) is 4. The first-order valence-corrected chi connectivity index (χ1v) is 6.37. The molecule has 4 nitrogen and oxygen atoms in total. The smallest absolute Gasteiger partial charge is 0.102 e. The number of rotatable bonds is 3. The van der Waals surface area contributed by atoms with Crippen molar-refractivity contribution in [1.29, 1.82) is 0 Å². The number of ether oxygens (including phenoxy) is 2. The van der Waals surface area contributed by atoms with Crippen molar-refractivity contribution in [3.8, 4) is 0 Å². The Morgan fingerprint density at radius 3 is 1.94 bits per heavy atom. The number of halogens is 2. The molecule has 6 heteroatoms. The third-order valence-corrected chi connectivity index (χ3v) is 3.75. The molecule has 2 N–H and O–H groups in total. The molecule has 0 spiro atoms. The molecule has 1 aliphatic rings. The predicted molar refractivity (Wildman–Crippen MR) is 74.7 cm³/mol. The minimum Gasteiger partial charge on any atom is -0.399 e. The molecule has 0 aromatic heterocycles. The van der Waals surface area contributed by atoms with Gasteiger partial charge in [-0.15, -0.1) is 0 Å². The Bertz CT molecular complexity index is 407. The fraction of sp³-hybridized carbons (Fsp3) is 0.500. The van der Waals surface area contributed by atoms with E-state index in [2.05, 4.69) is 4.90 Å². The number of benzene rings is 1. The van der Waals surface area contributed by atoms with E-state index >= 15 is 0 Å². The summed E-state index contributed by atoms with van der Waals surface area (Å²) < 4.78 is 10.8. The summed E-state index contributed by atoms with van der Waals surface area (Å²) in [5, 5.41) is 1.10. The van der Waals surface area contributed by atoms with Gasteiger partial charge >= 0.3 is 0 Å². The molecule has 0 aliphatic carbocycles. The Balaban J connectivity index is 2.28. The zero-order valence-electron chi connectivity index (χ0n) is 10.3. The topological polar surface area (TPSA) is 47.7 Å². The molecule has 0 saturated carbocycles. The van der Waals surface area contributed by atoms with Crippen LogP contribution in [0.1, 0.15) is 0 Å². The van der Waals surface area contributed by atoms with Crippen LogP contribution in [0.5, 0.6) is 0 Å². The number of methoxy groups -OCH3 is 2. The lowest BCUT2D eigenvalue weighted by atomic mass is 10.2. The van der Waals surface area contributed by atoms with Gasteiger partial charge in [-0.3, -0.25) is 0 Å². The van der Waals surface area contributed by atoms with Crippen LogP contribution >= 0.6 is 23.2 Å². The summed E-state index contributed by atoms with van der Waals surface area (Å²) in [5.41, 5.74) is 7.04. The standard InChI is InChI=1S/C12H16Cl2N2O2/c1-17-10-5-16(6-11(10)18-2)12-8(13)3-7(15)4-9(12)14/h3-4,10-11H,5-6,15H2,1-2H3. The van der Waals surface area contributed by atoms with Gasteiger partial charge in [-0.25, -0.2) is 0 Å². The zero-order chi connectivity index (χ0) is 13.3. The highest BCUT2D eigenvalue weighted by atomic mass is 35.5. The van der Waals surface area contributed by atoms with Gasteiger partial charge in [0.05, 0.1) is 15.7 Å². The van der Waals surface area contributed by atoms with Crippen molar-refractivity contribution >= 4 is 34.6 Å². The first-order chi connectivity index (χ1) is 8.56. The molecule has 1 heterocycles. The van der Waals surface area contributed by atoms with Crippen LogP contribution in [0.15, 0.2) is 12.1 Å². The maximum absolute atomic E-state index is 6.21. The quantitative estimate of drug-likeness (QED) is 0.869. The van der Waals surface area contributed by atoms with E-state index in [9.17, 15) is 0 Å². The molecule has 2 rings (SSSR count). The summed E-state index contributed by atoms with van der Waals surface area (Å²) >= 11 is 12.4. The van der Waals surface area contributed by atoms with Gasteiger partial charge in [0.2, 0.25) is 0 Å². The highest BCUT2D eigenvalue weighted by Gasteiger charge is 2.34. The second-order valence-electron chi connectivity index (χ2n) is 4.29. The van der Waals surface area contributed by atoms with Crippen LogP contribution in [0, 0.1) is 0 Å². The van der Waals surface area contributed by atoms with Crippen LogP contribution in [-0.4, -0.2) is 39.5 Å². The van der Waals surface area contributed by atoms with Crippen LogP contribution in [-0.2, 0) is 9.47 Å². The highest BCUT2D eigenvalue weighted by Crippen LogP contribution is 2.38. The molecule has 1 saturated heterocycles. The summed E-state index contributed by atoms with van der Waals surface area (Å²) in [6.07, 6.45) is 0.0272. The first-order valence-electron chi connectivity index (χ1n) is 5.62. The molecule has 0 radical (unpaired) electrons. The minimum absolute atomic E-state index is 0.0136. The van der Waals surface area contributed by atoms with Gasteiger partial charge in [-0.2, -0.15) is 0 Å². The fourth-order valence-corrected chi connectivity index (χ4v) is 3.01. The third-order valence-electron chi connectivity index (χ3n) is 3.18. The predicted octanol–water partition coefficient (Wildman–Crippen LogP) is 2.43. The maximum Gasteiger partial charge on any atom is 0.102 e. The van der Waals surface area contributed by atoms with Crippen molar-refractivity contribution in [1.82, 2.24) is 0 Å². The van der Waals surface area contributed by atoms with Crippen LogP contribution in [0.2, 0.25) is 10.0 Å². The average molecular weight is 291 g/mol. The number of nitrogen functional groups attached to an aromatic ring is 1. The molecule has 1 aromatic carbocycles. The number of anilines is 2. The molecule has 2 unspecified atom stereocenters. The summed E-state index contributed by atoms with van der Waals surface area (Å²) in [4.78, 5) is 2.06. The lowest BCUT2D eigenvalue weighted by Gasteiger charge is -2.21. The molecular weight excluding hydrogens is 275 g/mol. The van der Waals surface area contributed by atoms with Crippen molar-refractivity contribution in [2.24, 2.45) is 0 Å². The van der Waals surface area contributed by atoms with E-state index in [0.29, 0.717) is 28.8 Å². The van der Waals surface area contributed by atoms with Gasteiger partial charge in [0.25, 0.3) is 0 Å². The van der Waals surface area contributed by atoms with Gasteiger partial charge in [0.15, 0.2) is 0 Å². The van der Waals surface area contributed by atoms with Gasteiger partial charge in [-0.1, -0.05) is 23.2 Å². The van der Waals surface area contributed by atoms with Crippen molar-refractivity contribution in [2.45, 2.75) is 12.2 Å². The van der Waals surface area contributed by atoms with Crippen molar-refractivity contribution < 1.29 is 9.47 Å². The summed E-state index contributed by atoms with van der Waals surface area (Å²) in [6.45, 7) is 1.39. The van der Waals surface area contributed by atoms with Crippen molar-refractivity contribution in [2.75, 3.05) is 37.9 Å². The fourth-order valence-electron chi connectivity index (χ4n) is 2.27. The first kappa shape index (κ1) is 13.7. The van der Waals surface area contributed by atoms with Crippen molar-refractivity contribution in [3.63, 3.8) is 0 Å². The molecular formula is C12H16Cl2N2O2. The van der Waals surface area contributed by atoms with Crippen molar-refractivity contribution in [3.05, 3.63) is 22.2 Å². The second-order valence-corrected chi connectivity index (χ2v) is 5.10. The van der Waals surface area contributed by atoms with E-state index in [1.165, 1.54) is 0 Å². The number of hydrogen-bond donors (Lipinski definition) is 1. The van der Waals surface area contributed by atoms with E-state index in [4.69, 9.17) is 38.4 Å². The molecule has 1 fully saturated rings. The summed E-state index contributed by atoms with van der Waals surface area (Å²) in [5.74, 6) is 0. The Hall–Kier alpha value is -0.680. The largest absolute Gasteiger partial charge is 0.399 e.